The predicted molar refractivity (Wildman–Crippen MR) is 167 cm³/mol. The van der Waals surface area contributed by atoms with Crippen molar-refractivity contribution in [3.8, 4) is 11.5 Å². The summed E-state index contributed by atoms with van der Waals surface area (Å²) in [5, 5.41) is 0. The number of ether oxygens (including phenoxy) is 2. The molecule has 0 fully saturated rings. The number of benzene rings is 4. The van der Waals surface area contributed by atoms with E-state index in [9.17, 15) is 52.7 Å². The molecule has 270 valence electrons. The summed E-state index contributed by atoms with van der Waals surface area (Å²) in [5.74, 6) is -23.2. The second kappa shape index (κ2) is 16.3. The van der Waals surface area contributed by atoms with E-state index in [4.69, 9.17) is 9.47 Å². The lowest BCUT2D eigenvalue weighted by Crippen LogP contribution is -2.11. The highest BCUT2D eigenvalue weighted by atomic mass is 19.2. The van der Waals surface area contributed by atoms with E-state index in [0.717, 1.165) is 36.4 Å². The highest BCUT2D eigenvalue weighted by Gasteiger charge is 2.26. The monoisotopic (exact) mass is 730 g/mol. The second-order valence-electron chi connectivity index (χ2n) is 11.1. The van der Waals surface area contributed by atoms with Gasteiger partial charge >= 0.3 is 0 Å². The minimum atomic E-state index is -1.99. The van der Waals surface area contributed by atoms with Gasteiger partial charge in [-0.05, 0) is 80.1 Å². The number of halogens is 12. The van der Waals surface area contributed by atoms with Crippen LogP contribution in [-0.4, -0.2) is 13.2 Å². The van der Waals surface area contributed by atoms with E-state index in [0.29, 0.717) is 12.1 Å². The fraction of sp³-hybridized carbons (Fsp3) is 0.189. The van der Waals surface area contributed by atoms with Crippen molar-refractivity contribution >= 4 is 23.3 Å². The number of aryl methyl sites for hydroxylation is 2. The van der Waals surface area contributed by atoms with Crippen LogP contribution in [0.3, 0.4) is 0 Å². The normalized spacial score (nSPS) is 12.5. The van der Waals surface area contributed by atoms with Gasteiger partial charge in [0.15, 0.2) is 69.7 Å². The molecular formula is C37H26F12O2. The fourth-order valence-corrected chi connectivity index (χ4v) is 4.75. The van der Waals surface area contributed by atoms with Crippen LogP contribution in [-0.2, 0) is 0 Å². The summed E-state index contributed by atoms with van der Waals surface area (Å²) in [6.07, 6.45) is 1.58. The molecule has 0 aliphatic carbocycles. The van der Waals surface area contributed by atoms with Gasteiger partial charge in [-0.15, -0.1) is 6.58 Å². The van der Waals surface area contributed by atoms with Gasteiger partial charge in [-0.1, -0.05) is 18.2 Å². The van der Waals surface area contributed by atoms with Gasteiger partial charge in [0, 0.05) is 0 Å². The van der Waals surface area contributed by atoms with Gasteiger partial charge in [-0.3, -0.25) is 0 Å². The molecule has 0 spiro atoms. The summed E-state index contributed by atoms with van der Waals surface area (Å²) in [6, 6.07) is 6.29. The van der Waals surface area contributed by atoms with Crippen LogP contribution in [0.2, 0.25) is 0 Å². The topological polar surface area (TPSA) is 18.5 Å². The Morgan fingerprint density at radius 1 is 0.490 bits per heavy atom. The lowest BCUT2D eigenvalue weighted by Gasteiger charge is -2.15. The Bertz CT molecular complexity index is 1900. The van der Waals surface area contributed by atoms with Crippen LogP contribution in [0, 0.1) is 66.3 Å². The highest BCUT2D eigenvalue weighted by Crippen LogP contribution is 2.37. The molecule has 0 atom stereocenters. The van der Waals surface area contributed by atoms with Crippen LogP contribution in [0.4, 0.5) is 52.7 Å². The van der Waals surface area contributed by atoms with Crippen molar-refractivity contribution in [3.63, 3.8) is 0 Å². The van der Waals surface area contributed by atoms with Gasteiger partial charge < -0.3 is 9.47 Å². The lowest BCUT2D eigenvalue weighted by atomic mass is 10.0. The minimum absolute atomic E-state index is 0.0814. The van der Waals surface area contributed by atoms with E-state index in [2.05, 4.69) is 6.58 Å². The van der Waals surface area contributed by atoms with Crippen molar-refractivity contribution < 1.29 is 62.2 Å². The number of hydrogen-bond donors (Lipinski definition) is 0. The van der Waals surface area contributed by atoms with Crippen molar-refractivity contribution in [2.24, 2.45) is 5.92 Å². The summed E-state index contributed by atoms with van der Waals surface area (Å²) in [5.41, 5.74) is -5.07. The van der Waals surface area contributed by atoms with Crippen LogP contribution in [0.25, 0.3) is 23.3 Å². The predicted octanol–water partition coefficient (Wildman–Crippen LogP) is 12.0. The number of rotatable bonds is 13. The maximum absolute atomic E-state index is 14.7. The third-order valence-corrected chi connectivity index (χ3v) is 7.80. The standard InChI is InChI=1S/C37H26F12O2/c1-4-19(13-15-50-24-11-9-22(34(46)36(24)48)32(44)30(42)20-7-5-17(2)26(38)28(20)40)14-16-51-25-12-10-23(35(47)37(25)49)33(45)31(43)21-8-6-18(3)27(39)29(21)41/h4-12,19H,1,13-16H2,2-3H3/b32-30+,33-31+. The molecule has 0 amide bonds. The quantitative estimate of drug-likeness (QED) is 0.0775. The maximum Gasteiger partial charge on any atom is 0.201 e. The average Bonchev–Trinajstić information content (AvgIpc) is 3.11. The summed E-state index contributed by atoms with van der Waals surface area (Å²) in [4.78, 5) is 0. The summed E-state index contributed by atoms with van der Waals surface area (Å²) in [7, 11) is 0. The average molecular weight is 731 g/mol. The molecule has 0 saturated heterocycles. The Kier molecular flexibility index (Phi) is 12.3. The molecule has 0 unspecified atom stereocenters. The largest absolute Gasteiger partial charge is 0.490 e. The molecule has 0 aliphatic rings. The van der Waals surface area contributed by atoms with E-state index >= 15 is 0 Å². The molecule has 51 heavy (non-hydrogen) atoms. The van der Waals surface area contributed by atoms with Crippen LogP contribution < -0.4 is 9.47 Å². The van der Waals surface area contributed by atoms with Crippen molar-refractivity contribution in [1.29, 1.82) is 0 Å². The fourth-order valence-electron chi connectivity index (χ4n) is 4.75. The Morgan fingerprint density at radius 3 is 1.10 bits per heavy atom. The van der Waals surface area contributed by atoms with Crippen molar-refractivity contribution in [2.45, 2.75) is 26.7 Å². The Morgan fingerprint density at radius 2 is 0.784 bits per heavy atom. The molecule has 0 aromatic heterocycles. The first-order chi connectivity index (χ1) is 24.1. The summed E-state index contributed by atoms with van der Waals surface area (Å²) >= 11 is 0. The Balaban J connectivity index is 1.37. The van der Waals surface area contributed by atoms with E-state index in [1.165, 1.54) is 19.9 Å². The van der Waals surface area contributed by atoms with E-state index in [-0.39, 0.29) is 37.2 Å². The molecule has 4 aromatic carbocycles. The highest BCUT2D eigenvalue weighted by molar-refractivity contribution is 5.84. The van der Waals surface area contributed by atoms with Crippen LogP contribution >= 0.6 is 0 Å². The van der Waals surface area contributed by atoms with Gasteiger partial charge in [-0.25, -0.2) is 43.9 Å². The van der Waals surface area contributed by atoms with E-state index < -0.39 is 110 Å². The number of allylic oxidation sites excluding steroid dienone is 1. The molecule has 0 N–H and O–H groups in total. The van der Waals surface area contributed by atoms with Crippen LogP contribution in [0.1, 0.15) is 46.2 Å². The van der Waals surface area contributed by atoms with Gasteiger partial charge in [0.25, 0.3) is 0 Å². The first kappa shape index (κ1) is 38.7. The van der Waals surface area contributed by atoms with Gasteiger partial charge in [0.1, 0.15) is 0 Å². The SMILES string of the molecule is C=CC(CCOc1ccc(/C(F)=C(\F)c2ccc(C)c(F)c2F)c(F)c1F)CCOc1ccc(/C(F)=C(\F)c2ccc(C)c(F)c2F)c(F)c1F. The second-order valence-corrected chi connectivity index (χ2v) is 11.1. The molecule has 0 aliphatic heterocycles. The molecule has 0 heterocycles. The molecule has 0 bridgehead atoms. The van der Waals surface area contributed by atoms with Gasteiger partial charge in [0.2, 0.25) is 11.6 Å². The molecule has 4 aromatic rings. The Hall–Kier alpha value is -5.14. The van der Waals surface area contributed by atoms with Crippen molar-refractivity contribution in [3.05, 3.63) is 141 Å². The summed E-state index contributed by atoms with van der Waals surface area (Å²) < 4.78 is 184. The first-order valence-corrected chi connectivity index (χ1v) is 15.0. The lowest BCUT2D eigenvalue weighted by molar-refractivity contribution is 0.242. The van der Waals surface area contributed by atoms with E-state index in [1.54, 1.807) is 0 Å². The zero-order chi connectivity index (χ0) is 37.7. The maximum atomic E-state index is 14.7. The first-order valence-electron chi connectivity index (χ1n) is 15.0. The molecule has 14 heteroatoms. The molecular weight excluding hydrogens is 704 g/mol. The molecule has 2 nitrogen and oxygen atoms in total. The summed E-state index contributed by atoms with van der Waals surface area (Å²) in [6.45, 7) is 5.41. The molecule has 0 radical (unpaired) electrons. The zero-order valence-corrected chi connectivity index (χ0v) is 26.7. The third-order valence-electron chi connectivity index (χ3n) is 7.80. The van der Waals surface area contributed by atoms with Gasteiger partial charge in [0.05, 0.1) is 35.5 Å². The Labute approximate surface area is 283 Å². The number of hydrogen-bond acceptors (Lipinski definition) is 2. The van der Waals surface area contributed by atoms with Crippen LogP contribution in [0.5, 0.6) is 11.5 Å². The zero-order valence-electron chi connectivity index (χ0n) is 26.7. The van der Waals surface area contributed by atoms with Gasteiger partial charge in [-0.2, -0.15) is 8.78 Å². The molecule has 0 saturated carbocycles. The third kappa shape index (κ3) is 8.10. The van der Waals surface area contributed by atoms with Crippen LogP contribution in [0.15, 0.2) is 61.2 Å². The minimum Gasteiger partial charge on any atom is -0.490 e. The molecule has 4 rings (SSSR count). The van der Waals surface area contributed by atoms with E-state index in [1.807, 2.05) is 0 Å². The van der Waals surface area contributed by atoms with Crippen molar-refractivity contribution in [1.82, 2.24) is 0 Å². The van der Waals surface area contributed by atoms with Crippen molar-refractivity contribution in [2.75, 3.05) is 13.2 Å². The smallest absolute Gasteiger partial charge is 0.201 e.